The van der Waals surface area contributed by atoms with Gasteiger partial charge >= 0.3 is 0 Å². The van der Waals surface area contributed by atoms with E-state index in [4.69, 9.17) is 16.9 Å². The molecule has 2 rings (SSSR count). The number of nitrogen functional groups attached to an aromatic ring is 1. The van der Waals surface area contributed by atoms with Crippen molar-refractivity contribution < 1.29 is 4.74 Å². The Hall–Kier alpha value is -2.41. The average molecular weight is 283 g/mol. The van der Waals surface area contributed by atoms with Gasteiger partial charge in [-0.15, -0.1) is 6.42 Å². The lowest BCUT2D eigenvalue weighted by atomic mass is 10.1. The van der Waals surface area contributed by atoms with Crippen molar-refractivity contribution in [3.8, 4) is 29.4 Å². The van der Waals surface area contributed by atoms with Crippen LogP contribution in [-0.2, 0) is 13.0 Å². The van der Waals surface area contributed by atoms with Crippen molar-refractivity contribution in [3.05, 3.63) is 29.6 Å². The molecule has 0 unspecified atom stereocenters. The topological polar surface area (TPSA) is 53.1 Å². The molecule has 0 spiro atoms. The third-order valence-electron chi connectivity index (χ3n) is 3.48. The smallest absolute Gasteiger partial charge is 0.132 e. The molecule has 2 N–H and O–H groups in total. The molecule has 0 radical (unpaired) electrons. The van der Waals surface area contributed by atoms with Gasteiger partial charge < -0.3 is 15.0 Å². The zero-order chi connectivity index (χ0) is 15.4. The van der Waals surface area contributed by atoms with Crippen molar-refractivity contribution in [3.63, 3.8) is 0 Å². The monoisotopic (exact) mass is 283 g/mol. The lowest BCUT2D eigenvalue weighted by Crippen LogP contribution is -2.06. The fraction of sp³-hybridized carbons (Fsp3) is 0.353. The molecule has 1 aromatic carbocycles. The van der Waals surface area contributed by atoms with Gasteiger partial charge in [0.05, 0.1) is 13.7 Å². The van der Waals surface area contributed by atoms with Gasteiger partial charge in [0.25, 0.3) is 0 Å². The van der Waals surface area contributed by atoms with Crippen LogP contribution in [0.5, 0.6) is 5.75 Å². The highest BCUT2D eigenvalue weighted by atomic mass is 16.5. The first kappa shape index (κ1) is 15.0. The van der Waals surface area contributed by atoms with Crippen LogP contribution in [0, 0.1) is 19.3 Å². The standard InChI is InChI=1S/C17H21N3O/c1-5-7-15-19-16(17(18)20(15)10-6-2)13-8-9-14(21-4)12(3)11-13/h2,8-9,11H,5,7,10,18H2,1,3-4H3. The summed E-state index contributed by atoms with van der Waals surface area (Å²) in [5.74, 6) is 5.06. The van der Waals surface area contributed by atoms with E-state index in [0.717, 1.165) is 41.2 Å². The number of rotatable bonds is 5. The molecule has 0 aliphatic heterocycles. The van der Waals surface area contributed by atoms with Gasteiger partial charge in [0, 0.05) is 12.0 Å². The summed E-state index contributed by atoms with van der Waals surface area (Å²) >= 11 is 0. The maximum Gasteiger partial charge on any atom is 0.132 e. The van der Waals surface area contributed by atoms with Crippen LogP contribution in [0.25, 0.3) is 11.3 Å². The van der Waals surface area contributed by atoms with Gasteiger partial charge in [0.2, 0.25) is 0 Å². The Morgan fingerprint density at radius 3 is 2.76 bits per heavy atom. The first-order valence-corrected chi connectivity index (χ1v) is 7.05. The van der Waals surface area contributed by atoms with Gasteiger partial charge in [0.15, 0.2) is 0 Å². The number of anilines is 1. The molecule has 0 amide bonds. The summed E-state index contributed by atoms with van der Waals surface area (Å²) in [4.78, 5) is 4.69. The molecule has 21 heavy (non-hydrogen) atoms. The van der Waals surface area contributed by atoms with E-state index in [-0.39, 0.29) is 0 Å². The first-order chi connectivity index (χ1) is 10.1. The predicted octanol–water partition coefficient (Wildman–Crippen LogP) is 3.04. The van der Waals surface area contributed by atoms with E-state index in [1.54, 1.807) is 7.11 Å². The molecule has 1 heterocycles. The molecular weight excluding hydrogens is 262 g/mol. The van der Waals surface area contributed by atoms with Crippen molar-refractivity contribution >= 4 is 5.82 Å². The Bertz CT molecular complexity index is 680. The number of aromatic nitrogens is 2. The minimum absolute atomic E-state index is 0.448. The van der Waals surface area contributed by atoms with Gasteiger partial charge in [-0.05, 0) is 37.1 Å². The third-order valence-corrected chi connectivity index (χ3v) is 3.48. The molecule has 0 aliphatic carbocycles. The van der Waals surface area contributed by atoms with E-state index < -0.39 is 0 Å². The summed E-state index contributed by atoms with van der Waals surface area (Å²) in [5.41, 5.74) is 9.08. The highest BCUT2D eigenvalue weighted by Gasteiger charge is 2.15. The van der Waals surface area contributed by atoms with Crippen LogP contribution in [0.15, 0.2) is 18.2 Å². The van der Waals surface area contributed by atoms with Crippen molar-refractivity contribution in [2.75, 3.05) is 12.8 Å². The Labute approximate surface area is 125 Å². The predicted molar refractivity (Wildman–Crippen MR) is 86.2 cm³/mol. The fourth-order valence-electron chi connectivity index (χ4n) is 2.43. The highest BCUT2D eigenvalue weighted by molar-refractivity contribution is 5.72. The number of imidazole rings is 1. The number of nitrogens with two attached hydrogens (primary N) is 1. The van der Waals surface area contributed by atoms with E-state index in [1.165, 1.54) is 0 Å². The molecule has 0 saturated heterocycles. The molecule has 0 bridgehead atoms. The van der Waals surface area contributed by atoms with Gasteiger partial charge in [-0.2, -0.15) is 0 Å². The van der Waals surface area contributed by atoms with Crippen molar-refractivity contribution in [1.82, 2.24) is 9.55 Å². The van der Waals surface area contributed by atoms with Crippen LogP contribution in [0.1, 0.15) is 24.7 Å². The molecule has 110 valence electrons. The zero-order valence-corrected chi connectivity index (χ0v) is 12.8. The third kappa shape index (κ3) is 2.87. The second-order valence-electron chi connectivity index (χ2n) is 4.99. The molecular formula is C17H21N3O. The van der Waals surface area contributed by atoms with E-state index in [9.17, 15) is 0 Å². The van der Waals surface area contributed by atoms with E-state index >= 15 is 0 Å². The largest absolute Gasteiger partial charge is 0.496 e. The summed E-state index contributed by atoms with van der Waals surface area (Å²) in [6.07, 6.45) is 7.30. The van der Waals surface area contributed by atoms with Crippen LogP contribution in [-0.4, -0.2) is 16.7 Å². The number of benzene rings is 1. The molecule has 0 atom stereocenters. The van der Waals surface area contributed by atoms with Crippen LogP contribution in [0.3, 0.4) is 0 Å². The van der Waals surface area contributed by atoms with Crippen LogP contribution in [0.4, 0.5) is 5.82 Å². The maximum absolute atomic E-state index is 6.25. The molecule has 0 fully saturated rings. The van der Waals surface area contributed by atoms with Crippen LogP contribution in [0.2, 0.25) is 0 Å². The summed E-state index contributed by atoms with van der Waals surface area (Å²) in [6.45, 7) is 4.56. The van der Waals surface area contributed by atoms with Crippen LogP contribution < -0.4 is 10.5 Å². The maximum atomic E-state index is 6.25. The van der Waals surface area contributed by atoms with Gasteiger partial charge in [0.1, 0.15) is 23.1 Å². The summed E-state index contributed by atoms with van der Waals surface area (Å²) in [6, 6.07) is 5.94. The molecule has 1 aromatic heterocycles. The molecule has 4 heteroatoms. The van der Waals surface area contributed by atoms with Crippen molar-refractivity contribution in [1.29, 1.82) is 0 Å². The Balaban J connectivity index is 2.51. The van der Waals surface area contributed by atoms with E-state index in [2.05, 4.69) is 17.8 Å². The number of nitrogens with zero attached hydrogens (tertiary/aromatic N) is 2. The molecule has 0 saturated carbocycles. The number of ether oxygens (including phenoxy) is 1. The second kappa shape index (κ2) is 6.36. The Kier molecular flexibility index (Phi) is 4.54. The summed E-state index contributed by atoms with van der Waals surface area (Å²) < 4.78 is 7.20. The quantitative estimate of drug-likeness (QED) is 0.858. The minimum Gasteiger partial charge on any atom is -0.496 e. The average Bonchev–Trinajstić information content (AvgIpc) is 2.77. The molecule has 0 aliphatic rings. The molecule has 2 aromatic rings. The Morgan fingerprint density at radius 2 is 2.19 bits per heavy atom. The number of methoxy groups -OCH3 is 1. The van der Waals surface area contributed by atoms with Crippen LogP contribution >= 0.6 is 0 Å². The van der Waals surface area contributed by atoms with E-state index in [1.807, 2.05) is 29.7 Å². The lowest BCUT2D eigenvalue weighted by Gasteiger charge is -2.07. The number of terminal acetylenes is 1. The van der Waals surface area contributed by atoms with Gasteiger partial charge in [-0.3, -0.25) is 0 Å². The number of hydrogen-bond acceptors (Lipinski definition) is 3. The number of hydrogen-bond donors (Lipinski definition) is 1. The highest BCUT2D eigenvalue weighted by Crippen LogP contribution is 2.30. The normalized spacial score (nSPS) is 10.4. The summed E-state index contributed by atoms with van der Waals surface area (Å²) in [5, 5.41) is 0. The number of aryl methyl sites for hydroxylation is 2. The van der Waals surface area contributed by atoms with Gasteiger partial charge in [-0.25, -0.2) is 4.98 Å². The van der Waals surface area contributed by atoms with Crippen molar-refractivity contribution in [2.45, 2.75) is 33.2 Å². The summed E-state index contributed by atoms with van der Waals surface area (Å²) in [7, 11) is 1.66. The zero-order valence-electron chi connectivity index (χ0n) is 12.8. The van der Waals surface area contributed by atoms with E-state index in [0.29, 0.717) is 12.4 Å². The van der Waals surface area contributed by atoms with Gasteiger partial charge in [-0.1, -0.05) is 12.8 Å². The second-order valence-corrected chi connectivity index (χ2v) is 4.99. The first-order valence-electron chi connectivity index (χ1n) is 7.05. The Morgan fingerprint density at radius 1 is 1.43 bits per heavy atom. The minimum atomic E-state index is 0.448. The SMILES string of the molecule is C#CCn1c(CCC)nc(-c2ccc(OC)c(C)c2)c1N. The molecule has 4 nitrogen and oxygen atoms in total. The van der Waals surface area contributed by atoms with Crippen molar-refractivity contribution in [2.24, 2.45) is 0 Å². The fourth-order valence-corrected chi connectivity index (χ4v) is 2.43. The lowest BCUT2D eigenvalue weighted by molar-refractivity contribution is 0.412.